The number of hydroxylamine groups is 1. The monoisotopic (exact) mass is 391 g/mol. The van der Waals surface area contributed by atoms with E-state index in [4.69, 9.17) is 5.21 Å². The molecule has 5 N–H and O–H groups in total. The SMILES string of the molecule is CC(C)C[C@@](C)(C(=O)NO)C(=O)N[C@H]1Cc2ccccc2[C@H](C(=O)O)NC1=O. The van der Waals surface area contributed by atoms with Crippen molar-refractivity contribution in [3.8, 4) is 0 Å². The fourth-order valence-electron chi connectivity index (χ4n) is 3.49. The quantitative estimate of drug-likeness (QED) is 0.272. The standard InChI is InChI=1S/C19H25N3O6/c1-10(2)9-19(3,18(27)22-28)17(26)20-13-8-11-6-4-5-7-12(11)14(16(24)25)21-15(13)23/h4-7,10,13-14,28H,8-9H2,1-3H3,(H,20,26)(H,21,23)(H,22,27)(H,24,25)/t13-,14+,19+/m0/s1. The van der Waals surface area contributed by atoms with E-state index in [0.717, 1.165) is 0 Å². The van der Waals surface area contributed by atoms with E-state index in [2.05, 4.69) is 10.6 Å². The number of carbonyl (C=O) groups is 4. The highest BCUT2D eigenvalue weighted by Gasteiger charge is 2.44. The van der Waals surface area contributed by atoms with E-state index in [-0.39, 0.29) is 18.8 Å². The molecule has 1 aromatic carbocycles. The van der Waals surface area contributed by atoms with Crippen molar-refractivity contribution in [2.75, 3.05) is 0 Å². The lowest BCUT2D eigenvalue weighted by atomic mass is 9.80. The number of aliphatic carboxylic acids is 1. The van der Waals surface area contributed by atoms with Gasteiger partial charge in [0.2, 0.25) is 11.8 Å². The van der Waals surface area contributed by atoms with Gasteiger partial charge in [0, 0.05) is 6.42 Å². The molecule has 0 aliphatic carbocycles. The minimum absolute atomic E-state index is 0.0341. The average Bonchev–Trinajstić information content (AvgIpc) is 2.77. The molecule has 0 fully saturated rings. The number of carboxylic acid groups (broad SMARTS) is 1. The van der Waals surface area contributed by atoms with Crippen LogP contribution < -0.4 is 16.1 Å². The van der Waals surface area contributed by atoms with Gasteiger partial charge in [-0.1, -0.05) is 38.1 Å². The molecule has 3 atom stereocenters. The van der Waals surface area contributed by atoms with Crippen LogP contribution in [0.3, 0.4) is 0 Å². The highest BCUT2D eigenvalue weighted by atomic mass is 16.5. The minimum atomic E-state index is -1.60. The summed E-state index contributed by atoms with van der Waals surface area (Å²) >= 11 is 0. The molecule has 0 radical (unpaired) electrons. The van der Waals surface area contributed by atoms with Crippen LogP contribution in [0.4, 0.5) is 0 Å². The lowest BCUT2D eigenvalue weighted by Gasteiger charge is -2.29. The van der Waals surface area contributed by atoms with Crippen LogP contribution in [0.1, 0.15) is 44.4 Å². The molecule has 9 heteroatoms. The van der Waals surface area contributed by atoms with E-state index in [9.17, 15) is 24.3 Å². The van der Waals surface area contributed by atoms with Crippen molar-refractivity contribution >= 4 is 23.7 Å². The molecule has 1 aromatic rings. The number of hydrogen-bond acceptors (Lipinski definition) is 5. The largest absolute Gasteiger partial charge is 0.479 e. The Hall–Kier alpha value is -2.94. The first-order chi connectivity index (χ1) is 13.1. The van der Waals surface area contributed by atoms with Crippen molar-refractivity contribution in [3.05, 3.63) is 35.4 Å². The first-order valence-corrected chi connectivity index (χ1v) is 8.96. The van der Waals surface area contributed by atoms with Crippen molar-refractivity contribution in [3.63, 3.8) is 0 Å². The molecule has 2 rings (SSSR count). The van der Waals surface area contributed by atoms with Crippen molar-refractivity contribution in [2.24, 2.45) is 11.3 Å². The number of fused-ring (bicyclic) bond motifs is 1. The third-order valence-electron chi connectivity index (χ3n) is 4.87. The molecule has 0 saturated heterocycles. The molecule has 0 bridgehead atoms. The Morgan fingerprint density at radius 1 is 1.25 bits per heavy atom. The zero-order valence-electron chi connectivity index (χ0n) is 16.0. The summed E-state index contributed by atoms with van der Waals surface area (Å²) in [6.07, 6.45) is 0.226. The molecule has 9 nitrogen and oxygen atoms in total. The lowest BCUT2D eigenvalue weighted by Crippen LogP contribution is -2.55. The zero-order valence-corrected chi connectivity index (χ0v) is 16.0. The van der Waals surface area contributed by atoms with Crippen LogP contribution in [0.25, 0.3) is 0 Å². The molecule has 0 aromatic heterocycles. The first-order valence-electron chi connectivity index (χ1n) is 8.96. The van der Waals surface area contributed by atoms with Gasteiger partial charge in [-0.25, -0.2) is 10.3 Å². The molecule has 0 unspecified atom stereocenters. The number of hydrogen-bond donors (Lipinski definition) is 5. The Morgan fingerprint density at radius 2 is 1.89 bits per heavy atom. The highest BCUT2D eigenvalue weighted by Crippen LogP contribution is 2.28. The van der Waals surface area contributed by atoms with Gasteiger partial charge in [-0.05, 0) is 30.4 Å². The Labute approximate surface area is 162 Å². The predicted molar refractivity (Wildman–Crippen MR) is 98.1 cm³/mol. The predicted octanol–water partition coefficient (Wildman–Crippen LogP) is 0.527. The maximum Gasteiger partial charge on any atom is 0.330 e. The Balaban J connectivity index is 2.32. The van der Waals surface area contributed by atoms with Crippen molar-refractivity contribution in [2.45, 2.75) is 45.7 Å². The number of amides is 3. The first kappa shape index (κ1) is 21.4. The van der Waals surface area contributed by atoms with Gasteiger partial charge in [0.05, 0.1) is 0 Å². The number of nitrogens with one attached hydrogen (secondary N) is 3. The van der Waals surface area contributed by atoms with Crippen LogP contribution >= 0.6 is 0 Å². The average molecular weight is 391 g/mol. The summed E-state index contributed by atoms with van der Waals surface area (Å²) in [6, 6.07) is 4.41. The van der Waals surface area contributed by atoms with E-state index in [0.29, 0.717) is 11.1 Å². The smallest absolute Gasteiger partial charge is 0.330 e. The Morgan fingerprint density at radius 3 is 2.46 bits per heavy atom. The summed E-state index contributed by atoms with van der Waals surface area (Å²) in [5.41, 5.74) is 0.966. The minimum Gasteiger partial charge on any atom is -0.479 e. The van der Waals surface area contributed by atoms with Gasteiger partial charge in [-0.3, -0.25) is 19.6 Å². The van der Waals surface area contributed by atoms with Crippen LogP contribution in [-0.4, -0.2) is 40.0 Å². The fraction of sp³-hybridized carbons (Fsp3) is 0.474. The summed E-state index contributed by atoms with van der Waals surface area (Å²) in [4.78, 5) is 49.2. The zero-order chi connectivity index (χ0) is 21.1. The van der Waals surface area contributed by atoms with E-state index in [1.165, 1.54) is 12.4 Å². The second-order valence-electron chi connectivity index (χ2n) is 7.58. The van der Waals surface area contributed by atoms with Gasteiger partial charge in [0.1, 0.15) is 11.5 Å². The van der Waals surface area contributed by atoms with Gasteiger partial charge in [-0.2, -0.15) is 0 Å². The molecule has 0 spiro atoms. The number of carbonyl (C=O) groups excluding carboxylic acids is 3. The lowest BCUT2D eigenvalue weighted by molar-refractivity contribution is -0.150. The van der Waals surface area contributed by atoms with Crippen molar-refractivity contribution in [1.82, 2.24) is 16.1 Å². The molecule has 1 aliphatic heterocycles. The van der Waals surface area contributed by atoms with Gasteiger partial charge in [0.25, 0.3) is 5.91 Å². The summed E-state index contributed by atoms with van der Waals surface area (Å²) in [5.74, 6) is -3.51. The highest BCUT2D eigenvalue weighted by molar-refractivity contribution is 6.05. The van der Waals surface area contributed by atoms with Crippen LogP contribution in [0.15, 0.2) is 24.3 Å². The normalized spacial score (nSPS) is 21.0. The van der Waals surface area contributed by atoms with Crippen molar-refractivity contribution in [1.29, 1.82) is 0 Å². The maximum absolute atomic E-state index is 12.9. The topological polar surface area (TPSA) is 145 Å². The Bertz CT molecular complexity index is 794. The molecule has 0 saturated carbocycles. The molecular formula is C19H25N3O6. The third-order valence-corrected chi connectivity index (χ3v) is 4.87. The third kappa shape index (κ3) is 4.30. The van der Waals surface area contributed by atoms with E-state index >= 15 is 0 Å². The van der Waals surface area contributed by atoms with Gasteiger partial charge in [0.15, 0.2) is 6.04 Å². The second kappa shape index (κ2) is 8.39. The van der Waals surface area contributed by atoms with Crippen molar-refractivity contribution < 1.29 is 29.5 Å². The van der Waals surface area contributed by atoms with E-state index < -0.39 is 41.2 Å². The number of carboxylic acids is 1. The van der Waals surface area contributed by atoms with E-state index in [1.807, 2.05) is 13.8 Å². The van der Waals surface area contributed by atoms with Gasteiger partial charge >= 0.3 is 5.97 Å². The maximum atomic E-state index is 12.9. The molecular weight excluding hydrogens is 366 g/mol. The summed E-state index contributed by atoms with van der Waals surface area (Å²) in [5, 5.41) is 23.5. The summed E-state index contributed by atoms with van der Waals surface area (Å²) < 4.78 is 0. The van der Waals surface area contributed by atoms with Crippen LogP contribution in [0, 0.1) is 11.3 Å². The second-order valence-corrected chi connectivity index (χ2v) is 7.58. The number of benzene rings is 1. The van der Waals surface area contributed by atoms with Gasteiger partial charge in [-0.15, -0.1) is 0 Å². The Kier molecular flexibility index (Phi) is 6.40. The number of rotatable bonds is 6. The summed E-state index contributed by atoms with van der Waals surface area (Å²) in [6.45, 7) is 5.03. The summed E-state index contributed by atoms with van der Waals surface area (Å²) in [7, 11) is 0. The molecule has 1 aliphatic rings. The molecule has 152 valence electrons. The van der Waals surface area contributed by atoms with Crippen LogP contribution in [0.2, 0.25) is 0 Å². The molecule has 1 heterocycles. The molecule has 3 amide bonds. The van der Waals surface area contributed by atoms with Crippen LogP contribution in [-0.2, 0) is 25.6 Å². The van der Waals surface area contributed by atoms with Crippen LogP contribution in [0.5, 0.6) is 0 Å². The fourth-order valence-corrected chi connectivity index (χ4v) is 3.49. The van der Waals surface area contributed by atoms with Gasteiger partial charge < -0.3 is 15.7 Å². The molecule has 28 heavy (non-hydrogen) atoms. The van der Waals surface area contributed by atoms with E-state index in [1.54, 1.807) is 24.3 Å².